The van der Waals surface area contributed by atoms with Gasteiger partial charge in [-0.1, -0.05) is 35.5 Å². The van der Waals surface area contributed by atoms with Gasteiger partial charge in [-0.05, 0) is 19.9 Å². The van der Waals surface area contributed by atoms with Crippen molar-refractivity contribution in [2.45, 2.75) is 51.7 Å². The SMILES string of the molecule is CC(C)NC(=O)c1cc2n(n1)CC(NC(=O)CCc1nc(-c3ccccc3)no1)C2. The first-order valence-electron chi connectivity index (χ1n) is 10.0. The van der Waals surface area contributed by atoms with E-state index in [0.717, 1.165) is 11.3 Å². The van der Waals surface area contributed by atoms with E-state index >= 15 is 0 Å². The lowest BCUT2D eigenvalue weighted by Crippen LogP contribution is -2.36. The third-order valence-corrected chi connectivity index (χ3v) is 4.80. The summed E-state index contributed by atoms with van der Waals surface area (Å²) in [6.07, 6.45) is 1.28. The van der Waals surface area contributed by atoms with Crippen molar-refractivity contribution in [1.82, 2.24) is 30.6 Å². The Kier molecular flexibility index (Phi) is 5.60. The van der Waals surface area contributed by atoms with Crippen LogP contribution >= 0.6 is 0 Å². The Morgan fingerprint density at radius 2 is 2.07 bits per heavy atom. The number of fused-ring (bicyclic) bond motifs is 1. The number of aromatic nitrogens is 4. The summed E-state index contributed by atoms with van der Waals surface area (Å²) in [6.45, 7) is 4.36. The molecule has 2 amide bonds. The third-order valence-electron chi connectivity index (χ3n) is 4.80. The van der Waals surface area contributed by atoms with Crippen LogP contribution in [0, 0.1) is 0 Å². The molecule has 3 heterocycles. The van der Waals surface area contributed by atoms with Gasteiger partial charge in [-0.15, -0.1) is 0 Å². The molecule has 1 unspecified atom stereocenters. The average molecular weight is 408 g/mol. The van der Waals surface area contributed by atoms with Gasteiger partial charge in [0.2, 0.25) is 17.6 Å². The van der Waals surface area contributed by atoms with E-state index in [2.05, 4.69) is 25.9 Å². The first-order chi connectivity index (χ1) is 14.5. The third kappa shape index (κ3) is 4.56. The maximum Gasteiger partial charge on any atom is 0.271 e. The highest BCUT2D eigenvalue weighted by atomic mass is 16.5. The number of aryl methyl sites for hydroxylation is 1. The fraction of sp³-hybridized carbons (Fsp3) is 0.381. The molecule has 0 radical (unpaired) electrons. The molecule has 0 saturated heterocycles. The number of carbonyl (C=O) groups excluding carboxylic acids is 2. The molecular weight excluding hydrogens is 384 g/mol. The number of nitrogens with zero attached hydrogens (tertiary/aromatic N) is 4. The second-order valence-corrected chi connectivity index (χ2v) is 7.68. The minimum absolute atomic E-state index is 0.0372. The zero-order chi connectivity index (χ0) is 21.1. The molecular formula is C21H24N6O3. The number of nitrogens with one attached hydrogen (secondary N) is 2. The summed E-state index contributed by atoms with van der Waals surface area (Å²) in [7, 11) is 0. The van der Waals surface area contributed by atoms with Gasteiger partial charge < -0.3 is 15.2 Å². The number of hydrogen-bond donors (Lipinski definition) is 2. The fourth-order valence-corrected chi connectivity index (χ4v) is 3.43. The first kappa shape index (κ1) is 19.8. The monoisotopic (exact) mass is 408 g/mol. The van der Waals surface area contributed by atoms with Crippen LogP contribution in [0.4, 0.5) is 0 Å². The normalized spacial score (nSPS) is 15.2. The van der Waals surface area contributed by atoms with Gasteiger partial charge in [0.15, 0.2) is 0 Å². The molecule has 1 aliphatic rings. The molecule has 0 aliphatic carbocycles. The summed E-state index contributed by atoms with van der Waals surface area (Å²) < 4.78 is 7.03. The topological polar surface area (TPSA) is 115 Å². The Bertz CT molecular complexity index is 1020. The fourth-order valence-electron chi connectivity index (χ4n) is 3.43. The molecule has 2 aromatic heterocycles. The van der Waals surface area contributed by atoms with Gasteiger partial charge in [-0.3, -0.25) is 14.3 Å². The molecule has 0 spiro atoms. The highest BCUT2D eigenvalue weighted by Crippen LogP contribution is 2.17. The standard InChI is InChI=1S/C21H24N6O3/c1-13(2)22-21(29)17-11-16-10-15(12-27(16)25-17)23-18(28)8-9-19-24-20(26-30-19)14-6-4-3-5-7-14/h3-7,11,13,15H,8-10,12H2,1-2H3,(H,22,29)(H,23,28). The van der Waals surface area contributed by atoms with Gasteiger partial charge in [0, 0.05) is 36.6 Å². The second-order valence-electron chi connectivity index (χ2n) is 7.68. The summed E-state index contributed by atoms with van der Waals surface area (Å²) in [6, 6.07) is 11.4. The zero-order valence-electron chi connectivity index (χ0n) is 17.0. The molecule has 1 aliphatic heterocycles. The molecule has 1 atom stereocenters. The Morgan fingerprint density at radius 3 is 2.80 bits per heavy atom. The molecule has 3 aromatic rings. The van der Waals surface area contributed by atoms with Crippen molar-refractivity contribution < 1.29 is 14.1 Å². The van der Waals surface area contributed by atoms with Crippen LogP contribution < -0.4 is 10.6 Å². The summed E-state index contributed by atoms with van der Waals surface area (Å²) in [5, 5.41) is 14.2. The zero-order valence-corrected chi connectivity index (χ0v) is 17.0. The average Bonchev–Trinajstić information content (AvgIpc) is 3.41. The van der Waals surface area contributed by atoms with Gasteiger partial charge >= 0.3 is 0 Å². The van der Waals surface area contributed by atoms with Crippen molar-refractivity contribution in [2.75, 3.05) is 0 Å². The molecule has 30 heavy (non-hydrogen) atoms. The van der Waals surface area contributed by atoms with Crippen molar-refractivity contribution in [2.24, 2.45) is 0 Å². The predicted molar refractivity (Wildman–Crippen MR) is 109 cm³/mol. The molecule has 2 N–H and O–H groups in total. The largest absolute Gasteiger partial charge is 0.351 e. The van der Waals surface area contributed by atoms with Crippen LogP contribution in [-0.2, 0) is 24.2 Å². The summed E-state index contributed by atoms with van der Waals surface area (Å²) in [4.78, 5) is 28.7. The van der Waals surface area contributed by atoms with E-state index in [1.165, 1.54) is 0 Å². The summed E-state index contributed by atoms with van der Waals surface area (Å²) in [5.74, 6) is 0.693. The van der Waals surface area contributed by atoms with Crippen LogP contribution in [0.2, 0.25) is 0 Å². The van der Waals surface area contributed by atoms with E-state index in [4.69, 9.17) is 4.52 Å². The molecule has 0 saturated carbocycles. The van der Waals surface area contributed by atoms with Gasteiger partial charge in [-0.25, -0.2) is 0 Å². The van der Waals surface area contributed by atoms with E-state index in [1.807, 2.05) is 44.2 Å². The van der Waals surface area contributed by atoms with Crippen LogP contribution in [0.3, 0.4) is 0 Å². The maximum atomic E-state index is 12.3. The van der Waals surface area contributed by atoms with Crippen LogP contribution in [0.1, 0.15) is 42.3 Å². The minimum atomic E-state index is -0.179. The lowest BCUT2D eigenvalue weighted by Gasteiger charge is -2.11. The molecule has 0 bridgehead atoms. The van der Waals surface area contributed by atoms with E-state index in [1.54, 1.807) is 10.7 Å². The van der Waals surface area contributed by atoms with Gasteiger partial charge in [0.05, 0.1) is 12.6 Å². The van der Waals surface area contributed by atoms with Crippen LogP contribution in [0.5, 0.6) is 0 Å². The van der Waals surface area contributed by atoms with Crippen LogP contribution in [0.15, 0.2) is 40.9 Å². The van der Waals surface area contributed by atoms with E-state index in [0.29, 0.717) is 36.8 Å². The van der Waals surface area contributed by atoms with Crippen molar-refractivity contribution in [3.05, 3.63) is 53.7 Å². The Labute approximate surface area is 173 Å². The predicted octanol–water partition coefficient (Wildman–Crippen LogP) is 1.74. The van der Waals surface area contributed by atoms with Crippen LogP contribution in [-0.4, -0.2) is 43.8 Å². The number of hydrogen-bond acceptors (Lipinski definition) is 6. The number of carbonyl (C=O) groups is 2. The van der Waals surface area contributed by atoms with Crippen LogP contribution in [0.25, 0.3) is 11.4 Å². The lowest BCUT2D eigenvalue weighted by molar-refractivity contribution is -0.121. The van der Waals surface area contributed by atoms with Crippen molar-refractivity contribution in [3.8, 4) is 11.4 Å². The van der Waals surface area contributed by atoms with E-state index in [9.17, 15) is 9.59 Å². The van der Waals surface area contributed by atoms with Gasteiger partial charge in [0.25, 0.3) is 5.91 Å². The van der Waals surface area contributed by atoms with E-state index in [-0.39, 0.29) is 30.3 Å². The Balaban J connectivity index is 1.25. The highest BCUT2D eigenvalue weighted by molar-refractivity contribution is 5.92. The van der Waals surface area contributed by atoms with Crippen molar-refractivity contribution >= 4 is 11.8 Å². The molecule has 0 fully saturated rings. The van der Waals surface area contributed by atoms with Gasteiger partial charge in [-0.2, -0.15) is 10.1 Å². The maximum absolute atomic E-state index is 12.3. The Morgan fingerprint density at radius 1 is 1.27 bits per heavy atom. The molecule has 1 aromatic carbocycles. The Hall–Kier alpha value is -3.49. The summed E-state index contributed by atoms with van der Waals surface area (Å²) >= 11 is 0. The smallest absolute Gasteiger partial charge is 0.271 e. The van der Waals surface area contributed by atoms with Gasteiger partial charge in [0.1, 0.15) is 5.69 Å². The summed E-state index contributed by atoms with van der Waals surface area (Å²) in [5.41, 5.74) is 2.23. The van der Waals surface area contributed by atoms with Crippen molar-refractivity contribution in [1.29, 1.82) is 0 Å². The quantitative estimate of drug-likeness (QED) is 0.615. The number of rotatable bonds is 7. The molecule has 4 rings (SSSR count). The van der Waals surface area contributed by atoms with E-state index < -0.39 is 0 Å². The lowest BCUT2D eigenvalue weighted by atomic mass is 10.2. The minimum Gasteiger partial charge on any atom is -0.351 e. The molecule has 9 heteroatoms. The highest BCUT2D eigenvalue weighted by Gasteiger charge is 2.26. The van der Waals surface area contributed by atoms with Crippen molar-refractivity contribution in [3.63, 3.8) is 0 Å². The number of benzene rings is 1. The number of amides is 2. The second kappa shape index (κ2) is 8.48. The first-order valence-corrected chi connectivity index (χ1v) is 10.0. The molecule has 9 nitrogen and oxygen atoms in total. The molecule has 156 valence electrons.